The lowest BCUT2D eigenvalue weighted by Crippen LogP contribution is -2.38. The molecule has 0 fully saturated rings. The van der Waals surface area contributed by atoms with E-state index in [9.17, 15) is 9.59 Å². The number of urea groups is 1. The number of imide groups is 1. The van der Waals surface area contributed by atoms with Crippen LogP contribution in [0.4, 0.5) is 4.79 Å². The minimum absolute atomic E-state index is 0.267. The molecule has 0 unspecified atom stereocenters. The van der Waals surface area contributed by atoms with Crippen molar-refractivity contribution in [2.45, 2.75) is 6.54 Å². The molecule has 2 aromatic rings. The van der Waals surface area contributed by atoms with E-state index in [4.69, 9.17) is 11.6 Å². The summed E-state index contributed by atoms with van der Waals surface area (Å²) in [6.45, 7) is 0.267. The van der Waals surface area contributed by atoms with Crippen LogP contribution in [0.2, 0.25) is 5.02 Å². The van der Waals surface area contributed by atoms with E-state index < -0.39 is 11.9 Å². The van der Waals surface area contributed by atoms with Crippen molar-refractivity contribution in [2.24, 2.45) is 0 Å². The van der Waals surface area contributed by atoms with Crippen molar-refractivity contribution in [2.75, 3.05) is 0 Å². The topological polar surface area (TPSA) is 58.2 Å². The molecular formula is C13H11ClN2O2S. The Labute approximate surface area is 119 Å². The van der Waals surface area contributed by atoms with Gasteiger partial charge < -0.3 is 5.32 Å². The molecule has 1 heterocycles. The van der Waals surface area contributed by atoms with Gasteiger partial charge in [0.1, 0.15) is 0 Å². The Balaban J connectivity index is 1.85. The van der Waals surface area contributed by atoms with Crippen molar-refractivity contribution in [3.63, 3.8) is 0 Å². The largest absolute Gasteiger partial charge is 0.334 e. The van der Waals surface area contributed by atoms with Gasteiger partial charge in [-0.15, -0.1) is 11.3 Å². The molecule has 2 rings (SSSR count). The maximum atomic E-state index is 11.6. The third-order valence-corrected chi connectivity index (χ3v) is 3.61. The molecule has 0 aliphatic heterocycles. The van der Waals surface area contributed by atoms with Crippen LogP contribution in [-0.2, 0) is 6.54 Å². The quantitative estimate of drug-likeness (QED) is 0.914. The predicted octanol–water partition coefficient (Wildman–Crippen LogP) is 3.04. The van der Waals surface area contributed by atoms with Gasteiger partial charge in [-0.05, 0) is 23.1 Å². The number of hydrogen-bond donors (Lipinski definition) is 2. The molecule has 6 heteroatoms. The van der Waals surface area contributed by atoms with Gasteiger partial charge >= 0.3 is 6.03 Å². The van der Waals surface area contributed by atoms with Gasteiger partial charge in [-0.25, -0.2) is 4.79 Å². The van der Waals surface area contributed by atoms with E-state index in [1.54, 1.807) is 23.6 Å². The zero-order valence-corrected chi connectivity index (χ0v) is 11.4. The molecule has 0 atom stereocenters. The van der Waals surface area contributed by atoms with Gasteiger partial charge in [-0.3, -0.25) is 10.1 Å². The zero-order valence-electron chi connectivity index (χ0n) is 9.85. The van der Waals surface area contributed by atoms with Crippen LogP contribution in [-0.4, -0.2) is 11.9 Å². The Hall–Kier alpha value is -1.85. The second-order valence-corrected chi connectivity index (χ2v) is 5.06. The van der Waals surface area contributed by atoms with E-state index in [2.05, 4.69) is 10.6 Å². The second-order valence-electron chi connectivity index (χ2n) is 3.71. The lowest BCUT2D eigenvalue weighted by atomic mass is 10.2. The van der Waals surface area contributed by atoms with Crippen molar-refractivity contribution in [3.05, 3.63) is 57.2 Å². The summed E-state index contributed by atoms with van der Waals surface area (Å²) in [5.41, 5.74) is 0.794. The fourth-order valence-electron chi connectivity index (χ4n) is 1.43. The lowest BCUT2D eigenvalue weighted by Gasteiger charge is -2.07. The first kappa shape index (κ1) is 13.6. The first-order chi connectivity index (χ1) is 9.16. The number of carbonyl (C=O) groups is 2. The Morgan fingerprint density at radius 3 is 2.63 bits per heavy atom. The molecule has 4 nitrogen and oxygen atoms in total. The summed E-state index contributed by atoms with van der Waals surface area (Å²) >= 11 is 7.23. The number of thiophene rings is 1. The number of rotatable bonds is 3. The predicted molar refractivity (Wildman–Crippen MR) is 75.5 cm³/mol. The van der Waals surface area contributed by atoms with Gasteiger partial charge in [0.2, 0.25) is 0 Å². The third-order valence-electron chi connectivity index (χ3n) is 2.37. The summed E-state index contributed by atoms with van der Waals surface area (Å²) in [7, 11) is 0. The van der Waals surface area contributed by atoms with E-state index >= 15 is 0 Å². The van der Waals surface area contributed by atoms with Crippen LogP contribution in [0.15, 0.2) is 41.8 Å². The molecule has 0 spiro atoms. The summed E-state index contributed by atoms with van der Waals surface area (Å²) in [5.74, 6) is -0.411. The lowest BCUT2D eigenvalue weighted by molar-refractivity contribution is 0.0968. The van der Waals surface area contributed by atoms with Crippen LogP contribution in [0.1, 0.15) is 15.2 Å². The molecule has 1 aromatic carbocycles. The molecule has 0 bridgehead atoms. The molecule has 0 saturated heterocycles. The Bertz CT molecular complexity index is 584. The smallest absolute Gasteiger partial charge is 0.322 e. The van der Waals surface area contributed by atoms with Crippen molar-refractivity contribution in [1.29, 1.82) is 0 Å². The highest BCUT2D eigenvalue weighted by Gasteiger charge is 2.10. The highest BCUT2D eigenvalue weighted by atomic mass is 35.5. The van der Waals surface area contributed by atoms with Crippen molar-refractivity contribution in [1.82, 2.24) is 10.6 Å². The van der Waals surface area contributed by atoms with Crippen LogP contribution in [0.25, 0.3) is 0 Å². The zero-order chi connectivity index (χ0) is 13.7. The van der Waals surface area contributed by atoms with Crippen LogP contribution in [0, 0.1) is 0 Å². The third kappa shape index (κ3) is 3.81. The van der Waals surface area contributed by atoms with E-state index in [0.717, 1.165) is 5.56 Å². The Morgan fingerprint density at radius 1 is 1.16 bits per heavy atom. The van der Waals surface area contributed by atoms with Crippen molar-refractivity contribution in [3.8, 4) is 0 Å². The van der Waals surface area contributed by atoms with Gasteiger partial charge in [0.05, 0.1) is 4.88 Å². The second kappa shape index (κ2) is 6.36. The van der Waals surface area contributed by atoms with E-state index in [1.807, 2.05) is 18.2 Å². The number of carbonyl (C=O) groups excluding carboxylic acids is 2. The molecule has 19 heavy (non-hydrogen) atoms. The fourth-order valence-corrected chi connectivity index (χ4v) is 2.26. The molecule has 2 N–H and O–H groups in total. The number of halogens is 1. The Morgan fingerprint density at radius 2 is 1.95 bits per heavy atom. The van der Waals surface area contributed by atoms with Crippen LogP contribution >= 0.6 is 22.9 Å². The average Bonchev–Trinajstić information content (AvgIpc) is 2.91. The molecular weight excluding hydrogens is 284 g/mol. The van der Waals surface area contributed by atoms with Crippen LogP contribution in [0.5, 0.6) is 0 Å². The SMILES string of the molecule is O=C(NCc1ccccc1Cl)NC(=O)c1cccs1. The van der Waals surface area contributed by atoms with Crippen molar-refractivity contribution >= 4 is 34.9 Å². The number of amides is 3. The Kier molecular flexibility index (Phi) is 4.54. The summed E-state index contributed by atoms with van der Waals surface area (Å²) in [6.07, 6.45) is 0. The maximum Gasteiger partial charge on any atom is 0.322 e. The monoisotopic (exact) mass is 294 g/mol. The number of nitrogens with one attached hydrogen (secondary N) is 2. The van der Waals surface area contributed by atoms with Crippen molar-refractivity contribution < 1.29 is 9.59 Å². The van der Waals surface area contributed by atoms with Gasteiger partial charge in [0, 0.05) is 11.6 Å². The van der Waals surface area contributed by atoms with E-state index in [0.29, 0.717) is 9.90 Å². The molecule has 1 aromatic heterocycles. The molecule has 0 radical (unpaired) electrons. The highest BCUT2D eigenvalue weighted by molar-refractivity contribution is 7.12. The minimum atomic E-state index is -0.543. The van der Waals surface area contributed by atoms with Crippen LogP contribution < -0.4 is 10.6 Å². The summed E-state index contributed by atoms with van der Waals surface area (Å²) in [5, 5.41) is 7.18. The van der Waals surface area contributed by atoms with Gasteiger partial charge in [-0.1, -0.05) is 35.9 Å². The molecule has 3 amide bonds. The fraction of sp³-hybridized carbons (Fsp3) is 0.0769. The molecule has 0 aliphatic rings. The normalized spacial score (nSPS) is 9.95. The summed E-state index contributed by atoms with van der Waals surface area (Å²) in [4.78, 5) is 23.7. The standard InChI is InChI=1S/C13H11ClN2O2S/c14-10-5-2-1-4-9(10)8-15-13(18)16-12(17)11-6-3-7-19-11/h1-7H,8H2,(H2,15,16,17,18). The van der Waals surface area contributed by atoms with Gasteiger partial charge in [0.25, 0.3) is 5.91 Å². The maximum absolute atomic E-state index is 11.6. The molecule has 0 saturated carbocycles. The number of hydrogen-bond acceptors (Lipinski definition) is 3. The van der Waals surface area contributed by atoms with Gasteiger partial charge in [-0.2, -0.15) is 0 Å². The summed E-state index contributed by atoms with van der Waals surface area (Å²) in [6, 6.07) is 10.1. The molecule has 0 aliphatic carbocycles. The van der Waals surface area contributed by atoms with Crippen LogP contribution in [0.3, 0.4) is 0 Å². The number of benzene rings is 1. The highest BCUT2D eigenvalue weighted by Crippen LogP contribution is 2.14. The summed E-state index contributed by atoms with van der Waals surface area (Å²) < 4.78 is 0. The van der Waals surface area contributed by atoms with E-state index in [-0.39, 0.29) is 6.54 Å². The van der Waals surface area contributed by atoms with Gasteiger partial charge in [0.15, 0.2) is 0 Å². The minimum Gasteiger partial charge on any atom is -0.334 e. The first-order valence-electron chi connectivity index (χ1n) is 5.53. The average molecular weight is 295 g/mol. The first-order valence-corrected chi connectivity index (χ1v) is 6.78. The van der Waals surface area contributed by atoms with E-state index in [1.165, 1.54) is 11.3 Å². The molecule has 98 valence electrons.